The molecule has 1 amide bonds. The summed E-state index contributed by atoms with van der Waals surface area (Å²) < 4.78 is 10.6. The van der Waals surface area contributed by atoms with Gasteiger partial charge in [0.05, 0.1) is 0 Å². The molecular weight excluding hydrogens is 526 g/mol. The molecule has 0 radical (unpaired) electrons. The lowest BCUT2D eigenvalue weighted by Crippen LogP contribution is -2.61. The third kappa shape index (κ3) is 8.74. The van der Waals surface area contributed by atoms with Gasteiger partial charge in [-0.15, -0.1) is 0 Å². The van der Waals surface area contributed by atoms with Crippen molar-refractivity contribution >= 4 is 17.6 Å². The molecule has 1 aliphatic heterocycles. The van der Waals surface area contributed by atoms with Crippen molar-refractivity contribution in [3.8, 4) is 5.75 Å². The largest absolute Gasteiger partial charge is 0.479 e. The zero-order valence-corrected chi connectivity index (χ0v) is 24.2. The summed E-state index contributed by atoms with van der Waals surface area (Å²) >= 11 is 0. The molecule has 0 aromatic heterocycles. The third-order valence-electron chi connectivity index (χ3n) is 7.32. The van der Waals surface area contributed by atoms with Gasteiger partial charge in [0, 0.05) is 11.8 Å². The first-order valence-electron chi connectivity index (χ1n) is 13.7. The number of hydrogen-bond acceptors (Lipinski definition) is 7. The minimum Gasteiger partial charge on any atom is -0.479 e. The predicted molar refractivity (Wildman–Crippen MR) is 156 cm³/mol. The number of aliphatic hydroxyl groups is 3. The molecular formula is C32H41NO8. The molecule has 3 rings (SSSR count). The van der Waals surface area contributed by atoms with E-state index in [-0.39, 0.29) is 17.1 Å². The summed E-state index contributed by atoms with van der Waals surface area (Å²) in [6.45, 7) is 10.7. The molecule has 1 aliphatic carbocycles. The Bertz CT molecular complexity index is 1250. The van der Waals surface area contributed by atoms with Crippen molar-refractivity contribution in [1.82, 2.24) is 0 Å². The van der Waals surface area contributed by atoms with Crippen molar-refractivity contribution in [3.63, 3.8) is 0 Å². The van der Waals surface area contributed by atoms with Crippen LogP contribution in [0.2, 0.25) is 0 Å². The van der Waals surface area contributed by atoms with Crippen LogP contribution in [-0.2, 0) is 14.3 Å². The Kier molecular flexibility index (Phi) is 10.9. The molecule has 5 atom stereocenters. The van der Waals surface area contributed by atoms with E-state index >= 15 is 0 Å². The number of ether oxygens (including phenoxy) is 2. The lowest BCUT2D eigenvalue weighted by Gasteiger charge is -2.38. The summed E-state index contributed by atoms with van der Waals surface area (Å²) in [4.78, 5) is 23.7. The second-order valence-corrected chi connectivity index (χ2v) is 11.3. The molecule has 1 heterocycles. The number of nitrogens with one attached hydrogen (secondary N) is 1. The van der Waals surface area contributed by atoms with Crippen LogP contribution >= 0.6 is 0 Å². The van der Waals surface area contributed by atoms with Gasteiger partial charge in [0.2, 0.25) is 12.2 Å². The van der Waals surface area contributed by atoms with Crippen molar-refractivity contribution in [2.75, 3.05) is 5.32 Å². The summed E-state index contributed by atoms with van der Waals surface area (Å²) in [6.07, 6.45) is 6.69. The number of hydrogen-bond donors (Lipinski definition) is 5. The molecule has 1 fully saturated rings. The molecule has 0 bridgehead atoms. The van der Waals surface area contributed by atoms with Crippen molar-refractivity contribution in [2.45, 2.75) is 84.6 Å². The Morgan fingerprint density at radius 3 is 2.34 bits per heavy atom. The number of carboxylic acid groups (broad SMARTS) is 1. The van der Waals surface area contributed by atoms with Gasteiger partial charge in [-0.05, 0) is 80.9 Å². The van der Waals surface area contributed by atoms with E-state index in [9.17, 15) is 24.9 Å². The van der Waals surface area contributed by atoms with Crippen LogP contribution in [0.4, 0.5) is 5.69 Å². The quantitative estimate of drug-likeness (QED) is 0.218. The maximum atomic E-state index is 12.5. The van der Waals surface area contributed by atoms with Gasteiger partial charge in [0.15, 0.2) is 6.10 Å². The summed E-state index contributed by atoms with van der Waals surface area (Å²) in [5, 5.41) is 41.7. The van der Waals surface area contributed by atoms with E-state index in [1.807, 2.05) is 32.1 Å². The standard InChI is InChI=1S/C32H41NO8/c1-19(11-16-24-21(3)10-7-17-32(24,4)5)8-6-9-20(2)18-25(34)33-22-12-14-23(15-13-22)40-31-28(37)26(35)27(36)29(41-31)30(38)39/h6,8-9,11-16,18,26-29,31,35-37H,7,10,17H2,1-5H3,(H,33,34)(H,38,39). The van der Waals surface area contributed by atoms with E-state index in [2.05, 4.69) is 38.2 Å². The van der Waals surface area contributed by atoms with E-state index in [0.717, 1.165) is 17.6 Å². The first-order valence-corrected chi connectivity index (χ1v) is 13.7. The normalized spacial score (nSPS) is 27.4. The Balaban J connectivity index is 1.54. The molecule has 222 valence electrons. The van der Waals surface area contributed by atoms with Crippen molar-refractivity contribution in [2.24, 2.45) is 5.41 Å². The second kappa shape index (κ2) is 13.9. The van der Waals surface area contributed by atoms with E-state index < -0.39 is 36.7 Å². The molecule has 0 spiro atoms. The van der Waals surface area contributed by atoms with Gasteiger partial charge in [-0.1, -0.05) is 55.4 Å². The molecule has 5 N–H and O–H groups in total. The van der Waals surface area contributed by atoms with E-state index in [1.165, 1.54) is 42.2 Å². The molecule has 9 heteroatoms. The molecule has 1 aromatic rings. The van der Waals surface area contributed by atoms with Gasteiger partial charge >= 0.3 is 5.97 Å². The molecule has 0 saturated carbocycles. The van der Waals surface area contributed by atoms with Crippen LogP contribution in [0.3, 0.4) is 0 Å². The van der Waals surface area contributed by atoms with Crippen LogP contribution in [0.1, 0.15) is 53.9 Å². The smallest absolute Gasteiger partial charge is 0.335 e. The van der Waals surface area contributed by atoms with Gasteiger partial charge in [-0.2, -0.15) is 0 Å². The van der Waals surface area contributed by atoms with Crippen LogP contribution in [-0.4, -0.2) is 63.0 Å². The fraction of sp³-hybridized carbons (Fsp3) is 0.438. The minimum absolute atomic E-state index is 0.195. The topological polar surface area (TPSA) is 146 Å². The van der Waals surface area contributed by atoms with E-state index in [4.69, 9.17) is 14.6 Å². The lowest BCUT2D eigenvalue weighted by atomic mass is 9.72. The number of anilines is 1. The van der Waals surface area contributed by atoms with Crippen LogP contribution in [0.25, 0.3) is 0 Å². The second-order valence-electron chi connectivity index (χ2n) is 11.3. The Hall–Kier alpha value is -3.50. The average molecular weight is 568 g/mol. The van der Waals surface area contributed by atoms with Gasteiger partial charge < -0.3 is 35.2 Å². The number of carboxylic acids is 1. The zero-order chi connectivity index (χ0) is 30.3. The summed E-state index contributed by atoms with van der Waals surface area (Å²) in [7, 11) is 0. The van der Waals surface area contributed by atoms with Crippen LogP contribution in [0.15, 0.2) is 83.0 Å². The minimum atomic E-state index is -1.80. The highest BCUT2D eigenvalue weighted by atomic mass is 16.7. The molecule has 1 saturated heterocycles. The van der Waals surface area contributed by atoms with Crippen molar-refractivity contribution in [1.29, 1.82) is 0 Å². The number of allylic oxidation sites excluding steroid dienone is 9. The molecule has 9 nitrogen and oxygen atoms in total. The fourth-order valence-corrected chi connectivity index (χ4v) is 4.97. The predicted octanol–water partition coefficient (Wildman–Crippen LogP) is 4.43. The first kappa shape index (κ1) is 32.0. The average Bonchev–Trinajstić information content (AvgIpc) is 2.89. The summed E-state index contributed by atoms with van der Waals surface area (Å²) in [5.74, 6) is -1.62. The lowest BCUT2D eigenvalue weighted by molar-refractivity contribution is -0.271. The molecule has 1 aromatic carbocycles. The number of amides is 1. The van der Waals surface area contributed by atoms with Crippen molar-refractivity contribution < 1.29 is 39.5 Å². The first-order chi connectivity index (χ1) is 19.3. The molecule has 2 aliphatic rings. The monoisotopic (exact) mass is 567 g/mol. The van der Waals surface area contributed by atoms with Gasteiger partial charge in [-0.25, -0.2) is 4.79 Å². The van der Waals surface area contributed by atoms with Crippen LogP contribution < -0.4 is 10.1 Å². The number of aliphatic hydroxyl groups excluding tert-OH is 3. The Morgan fingerprint density at radius 1 is 1.02 bits per heavy atom. The van der Waals surface area contributed by atoms with Crippen molar-refractivity contribution in [3.05, 3.63) is 83.0 Å². The van der Waals surface area contributed by atoms with Crippen LogP contribution in [0.5, 0.6) is 5.75 Å². The highest BCUT2D eigenvalue weighted by Gasteiger charge is 2.48. The number of carbonyl (C=O) groups is 2. The molecule has 5 unspecified atom stereocenters. The SMILES string of the molecule is CC(C=CC1=C(C)CCCC1(C)C)=CC=CC(C)=CC(=O)Nc1ccc(OC2OC(C(=O)O)C(O)C(O)C2O)cc1. The number of carbonyl (C=O) groups excluding carboxylic acids is 1. The van der Waals surface area contributed by atoms with E-state index in [0.29, 0.717) is 5.69 Å². The fourth-order valence-electron chi connectivity index (χ4n) is 4.97. The van der Waals surface area contributed by atoms with Gasteiger partial charge in [0.25, 0.3) is 0 Å². The molecule has 41 heavy (non-hydrogen) atoms. The Morgan fingerprint density at radius 2 is 1.71 bits per heavy atom. The van der Waals surface area contributed by atoms with Gasteiger partial charge in [0.1, 0.15) is 24.1 Å². The zero-order valence-electron chi connectivity index (χ0n) is 24.2. The van der Waals surface area contributed by atoms with E-state index in [1.54, 1.807) is 12.1 Å². The highest BCUT2D eigenvalue weighted by Crippen LogP contribution is 2.40. The van der Waals surface area contributed by atoms with Gasteiger partial charge in [-0.3, -0.25) is 4.79 Å². The maximum Gasteiger partial charge on any atom is 0.335 e. The summed E-state index contributed by atoms with van der Waals surface area (Å²) in [5.41, 5.74) is 5.42. The highest BCUT2D eigenvalue weighted by molar-refractivity contribution is 6.00. The third-order valence-corrected chi connectivity index (χ3v) is 7.32. The maximum absolute atomic E-state index is 12.5. The number of aliphatic carboxylic acids is 1. The Labute approximate surface area is 241 Å². The van der Waals surface area contributed by atoms with Crippen LogP contribution in [0, 0.1) is 5.41 Å². The number of rotatable bonds is 9. The summed E-state index contributed by atoms with van der Waals surface area (Å²) in [6, 6.07) is 6.10. The number of benzene rings is 1.